The van der Waals surface area contributed by atoms with E-state index in [1.807, 2.05) is 23.1 Å². The summed E-state index contributed by atoms with van der Waals surface area (Å²) in [6.45, 7) is 5.99. The van der Waals surface area contributed by atoms with Crippen LogP contribution in [0.25, 0.3) is 11.0 Å². The Labute approximate surface area is 174 Å². The second kappa shape index (κ2) is 8.23. The minimum absolute atomic E-state index is 0.0483. The van der Waals surface area contributed by atoms with Crippen LogP contribution in [0.2, 0.25) is 0 Å². The first-order valence-electron chi connectivity index (χ1n) is 10.2. The standard InChI is InChI=1S/C20H24N8O2/c29-18(26-7-5-25(6-8-26)17-3-1-2-4-21-17)14-28-20-16(13-24-28)19(22-15-23-20)27-9-11-30-12-10-27/h1-4,13,15H,5-12,14H2. The van der Waals surface area contributed by atoms with Gasteiger partial charge in [-0.15, -0.1) is 0 Å². The molecule has 5 rings (SSSR count). The van der Waals surface area contributed by atoms with Crippen LogP contribution in [0.1, 0.15) is 0 Å². The molecule has 0 aliphatic carbocycles. The van der Waals surface area contributed by atoms with Gasteiger partial charge in [-0.2, -0.15) is 5.10 Å². The highest BCUT2D eigenvalue weighted by molar-refractivity contribution is 5.88. The lowest BCUT2D eigenvalue weighted by Gasteiger charge is -2.35. The molecule has 0 radical (unpaired) electrons. The topological polar surface area (TPSA) is 92.5 Å². The Kier molecular flexibility index (Phi) is 5.14. The molecule has 2 saturated heterocycles. The summed E-state index contributed by atoms with van der Waals surface area (Å²) in [6.07, 6.45) is 5.09. The van der Waals surface area contributed by atoms with Gasteiger partial charge in [0.1, 0.15) is 24.5 Å². The number of ether oxygens (including phenoxy) is 1. The molecule has 0 unspecified atom stereocenters. The quantitative estimate of drug-likeness (QED) is 0.613. The van der Waals surface area contributed by atoms with Crippen molar-refractivity contribution in [1.29, 1.82) is 0 Å². The second-order valence-corrected chi connectivity index (χ2v) is 7.39. The molecule has 2 aliphatic rings. The third-order valence-corrected chi connectivity index (χ3v) is 5.61. The van der Waals surface area contributed by atoms with Crippen molar-refractivity contribution in [1.82, 2.24) is 29.6 Å². The van der Waals surface area contributed by atoms with Gasteiger partial charge in [0.15, 0.2) is 5.65 Å². The van der Waals surface area contributed by atoms with Crippen molar-refractivity contribution in [2.24, 2.45) is 0 Å². The molecule has 3 aromatic heterocycles. The van der Waals surface area contributed by atoms with E-state index < -0.39 is 0 Å². The van der Waals surface area contributed by atoms with Gasteiger partial charge in [0.05, 0.1) is 24.8 Å². The summed E-state index contributed by atoms with van der Waals surface area (Å²) in [5, 5.41) is 5.30. The predicted octanol–water partition coefficient (Wildman–Crippen LogP) is 0.407. The molecule has 1 amide bonds. The van der Waals surface area contributed by atoms with E-state index in [0.717, 1.165) is 43.2 Å². The first kappa shape index (κ1) is 18.7. The van der Waals surface area contributed by atoms with Crippen LogP contribution < -0.4 is 9.80 Å². The van der Waals surface area contributed by atoms with Crippen molar-refractivity contribution in [2.45, 2.75) is 6.54 Å². The van der Waals surface area contributed by atoms with Crippen LogP contribution in [0.15, 0.2) is 36.9 Å². The van der Waals surface area contributed by atoms with Crippen molar-refractivity contribution in [3.63, 3.8) is 0 Å². The largest absolute Gasteiger partial charge is 0.378 e. The Hall–Kier alpha value is -3.27. The number of anilines is 2. The maximum atomic E-state index is 12.9. The minimum atomic E-state index is 0.0483. The van der Waals surface area contributed by atoms with Gasteiger partial charge in [0, 0.05) is 45.5 Å². The van der Waals surface area contributed by atoms with Gasteiger partial charge in [0.25, 0.3) is 0 Å². The minimum Gasteiger partial charge on any atom is -0.378 e. The van der Waals surface area contributed by atoms with Gasteiger partial charge in [0.2, 0.25) is 5.91 Å². The number of aromatic nitrogens is 5. The molecule has 0 aromatic carbocycles. The highest BCUT2D eigenvalue weighted by atomic mass is 16.5. The fourth-order valence-electron chi connectivity index (χ4n) is 3.98. The van der Waals surface area contributed by atoms with E-state index in [-0.39, 0.29) is 12.5 Å². The first-order chi connectivity index (χ1) is 14.8. The number of rotatable bonds is 4. The smallest absolute Gasteiger partial charge is 0.244 e. The SMILES string of the molecule is O=C(Cn1ncc2c(N3CCOCC3)ncnc21)N1CCN(c2ccccn2)CC1. The Balaban J connectivity index is 1.26. The first-order valence-corrected chi connectivity index (χ1v) is 10.2. The van der Waals surface area contributed by atoms with Gasteiger partial charge >= 0.3 is 0 Å². The Morgan fingerprint density at radius 1 is 0.967 bits per heavy atom. The lowest BCUT2D eigenvalue weighted by atomic mass is 10.3. The third-order valence-electron chi connectivity index (χ3n) is 5.61. The average Bonchev–Trinajstić information content (AvgIpc) is 3.23. The van der Waals surface area contributed by atoms with E-state index in [9.17, 15) is 4.79 Å². The summed E-state index contributed by atoms with van der Waals surface area (Å²) in [6, 6.07) is 5.89. The van der Waals surface area contributed by atoms with E-state index in [1.165, 1.54) is 0 Å². The number of nitrogens with zero attached hydrogens (tertiary/aromatic N) is 8. The van der Waals surface area contributed by atoms with Gasteiger partial charge in [-0.1, -0.05) is 6.07 Å². The summed E-state index contributed by atoms with van der Waals surface area (Å²) in [7, 11) is 0. The Bertz CT molecular complexity index is 1010. The summed E-state index contributed by atoms with van der Waals surface area (Å²) < 4.78 is 7.11. The molecule has 0 bridgehead atoms. The van der Waals surface area contributed by atoms with E-state index in [0.29, 0.717) is 32.0 Å². The number of amides is 1. The maximum Gasteiger partial charge on any atom is 0.244 e. The molecule has 3 aromatic rings. The van der Waals surface area contributed by atoms with E-state index in [1.54, 1.807) is 23.4 Å². The van der Waals surface area contributed by atoms with Crippen LogP contribution in [0.3, 0.4) is 0 Å². The van der Waals surface area contributed by atoms with E-state index >= 15 is 0 Å². The number of carbonyl (C=O) groups is 1. The predicted molar refractivity (Wildman–Crippen MR) is 111 cm³/mol. The lowest BCUT2D eigenvalue weighted by Crippen LogP contribution is -2.49. The molecular weight excluding hydrogens is 384 g/mol. The number of carbonyl (C=O) groups excluding carboxylic acids is 1. The molecule has 0 N–H and O–H groups in total. The van der Waals surface area contributed by atoms with Crippen LogP contribution >= 0.6 is 0 Å². The summed E-state index contributed by atoms with van der Waals surface area (Å²) in [4.78, 5) is 32.4. The number of hydrogen-bond acceptors (Lipinski definition) is 8. The van der Waals surface area contributed by atoms with E-state index in [4.69, 9.17) is 4.74 Å². The average molecular weight is 408 g/mol. The number of fused-ring (bicyclic) bond motifs is 1. The zero-order valence-electron chi connectivity index (χ0n) is 16.7. The molecule has 30 heavy (non-hydrogen) atoms. The molecule has 10 heteroatoms. The zero-order valence-corrected chi connectivity index (χ0v) is 16.7. The van der Waals surface area contributed by atoms with E-state index in [2.05, 4.69) is 29.9 Å². The summed E-state index contributed by atoms with van der Waals surface area (Å²) in [5.74, 6) is 1.85. The molecule has 5 heterocycles. The lowest BCUT2D eigenvalue weighted by molar-refractivity contribution is -0.132. The summed E-state index contributed by atoms with van der Waals surface area (Å²) in [5.41, 5.74) is 0.687. The molecule has 10 nitrogen and oxygen atoms in total. The monoisotopic (exact) mass is 408 g/mol. The van der Waals surface area contributed by atoms with Crippen molar-refractivity contribution >= 4 is 28.6 Å². The van der Waals surface area contributed by atoms with Crippen LogP contribution in [0.4, 0.5) is 11.6 Å². The highest BCUT2D eigenvalue weighted by Crippen LogP contribution is 2.23. The van der Waals surface area contributed by atoms with Gasteiger partial charge in [-0.05, 0) is 12.1 Å². The molecular formula is C20H24N8O2. The van der Waals surface area contributed by atoms with Crippen molar-refractivity contribution in [2.75, 3.05) is 62.3 Å². The van der Waals surface area contributed by atoms with Crippen LogP contribution in [-0.4, -0.2) is 88.0 Å². The zero-order chi connectivity index (χ0) is 20.3. The fraction of sp³-hybridized carbons (Fsp3) is 0.450. The number of morpholine rings is 1. The summed E-state index contributed by atoms with van der Waals surface area (Å²) >= 11 is 0. The normalized spacial score (nSPS) is 17.5. The van der Waals surface area contributed by atoms with Gasteiger partial charge in [-0.3, -0.25) is 4.79 Å². The Morgan fingerprint density at radius 2 is 1.80 bits per heavy atom. The second-order valence-electron chi connectivity index (χ2n) is 7.39. The maximum absolute atomic E-state index is 12.9. The molecule has 0 spiro atoms. The number of pyridine rings is 1. The number of piperazine rings is 1. The fourth-order valence-corrected chi connectivity index (χ4v) is 3.98. The van der Waals surface area contributed by atoms with Crippen molar-refractivity contribution in [3.8, 4) is 0 Å². The Morgan fingerprint density at radius 3 is 2.57 bits per heavy atom. The van der Waals surface area contributed by atoms with Crippen LogP contribution in [0, 0.1) is 0 Å². The van der Waals surface area contributed by atoms with Crippen molar-refractivity contribution < 1.29 is 9.53 Å². The highest BCUT2D eigenvalue weighted by Gasteiger charge is 2.24. The van der Waals surface area contributed by atoms with Crippen LogP contribution in [-0.2, 0) is 16.1 Å². The van der Waals surface area contributed by atoms with Crippen LogP contribution in [0.5, 0.6) is 0 Å². The molecule has 2 aliphatic heterocycles. The molecule has 2 fully saturated rings. The molecule has 156 valence electrons. The van der Waals surface area contributed by atoms with Gasteiger partial charge < -0.3 is 19.4 Å². The number of hydrogen-bond donors (Lipinski definition) is 0. The molecule has 0 saturated carbocycles. The third kappa shape index (κ3) is 3.65. The van der Waals surface area contributed by atoms with Crippen molar-refractivity contribution in [3.05, 3.63) is 36.9 Å². The molecule has 0 atom stereocenters. The van der Waals surface area contributed by atoms with Gasteiger partial charge in [-0.25, -0.2) is 19.6 Å².